The molecule has 0 saturated heterocycles. The Labute approximate surface area is 145 Å². The molecule has 1 aliphatic rings. The lowest BCUT2D eigenvalue weighted by molar-refractivity contribution is 0.234. The molecule has 5 heteroatoms. The minimum absolute atomic E-state index is 0.104. The summed E-state index contributed by atoms with van der Waals surface area (Å²) in [6, 6.07) is 19.5. The van der Waals surface area contributed by atoms with Crippen molar-refractivity contribution in [3.8, 4) is 0 Å². The monoisotopic (exact) mass is 329 g/mol. The predicted octanol–water partition coefficient (Wildman–Crippen LogP) is 4.29. The maximum absolute atomic E-state index is 13.5. The number of carbonyl (C=O) groups excluding carboxylic acids is 1. The van der Waals surface area contributed by atoms with Crippen molar-refractivity contribution in [1.82, 2.24) is 14.0 Å². The number of quaternary nitrogens is 1. The van der Waals surface area contributed by atoms with Gasteiger partial charge in [-0.2, -0.15) is 0 Å². The molecule has 0 radical (unpaired) electrons. The minimum Gasteiger partial charge on any atom is -0.245 e. The van der Waals surface area contributed by atoms with Gasteiger partial charge in [0.2, 0.25) is 6.34 Å². The van der Waals surface area contributed by atoms with Gasteiger partial charge < -0.3 is 0 Å². The zero-order valence-corrected chi connectivity index (χ0v) is 13.8. The van der Waals surface area contributed by atoms with Crippen molar-refractivity contribution in [3.05, 3.63) is 90.6 Å². The molecule has 1 unspecified atom stereocenters. The highest BCUT2D eigenvalue weighted by Crippen LogP contribution is 2.40. The normalized spacial score (nSPS) is 19.4. The Balaban J connectivity index is 1.99. The van der Waals surface area contributed by atoms with Crippen LogP contribution in [0.3, 0.4) is 0 Å². The van der Waals surface area contributed by atoms with Crippen LogP contribution in [0, 0.1) is 0 Å². The highest BCUT2D eigenvalue weighted by molar-refractivity contribution is 6.15. The van der Waals surface area contributed by atoms with Crippen LogP contribution in [0.25, 0.3) is 5.70 Å². The van der Waals surface area contributed by atoms with Gasteiger partial charge in [-0.3, -0.25) is 0 Å². The van der Waals surface area contributed by atoms with E-state index in [2.05, 4.69) is 9.98 Å². The molecule has 0 bridgehead atoms. The van der Waals surface area contributed by atoms with E-state index in [9.17, 15) is 4.79 Å². The molecule has 25 heavy (non-hydrogen) atoms. The molecule has 5 nitrogen and oxygen atoms in total. The number of carbonyl (C=O) groups is 1. The first-order valence-electron chi connectivity index (χ1n) is 8.03. The second kappa shape index (κ2) is 5.96. The van der Waals surface area contributed by atoms with E-state index in [1.54, 1.807) is 18.7 Å². The van der Waals surface area contributed by atoms with Gasteiger partial charge in [-0.25, -0.2) is 19.3 Å². The molecule has 0 aliphatic carbocycles. The molecule has 122 valence electrons. The molecule has 0 saturated carbocycles. The molecule has 0 fully saturated rings. The first-order valence-corrected chi connectivity index (χ1v) is 8.03. The number of benzene rings is 2. The van der Waals surface area contributed by atoms with Gasteiger partial charge in [0.05, 0.1) is 0 Å². The Morgan fingerprint density at radius 1 is 1.00 bits per heavy atom. The molecule has 0 spiro atoms. The van der Waals surface area contributed by atoms with Crippen molar-refractivity contribution >= 4 is 23.8 Å². The van der Waals surface area contributed by atoms with Crippen LogP contribution in [0.2, 0.25) is 0 Å². The molecule has 1 amide bonds. The summed E-state index contributed by atoms with van der Waals surface area (Å²) in [4.78, 5) is 22.1. The summed E-state index contributed by atoms with van der Waals surface area (Å²) in [6.07, 6.45) is 6.49. The number of amides is 1. The van der Waals surface area contributed by atoms with E-state index in [0.29, 0.717) is 0 Å². The zero-order chi connectivity index (χ0) is 17.3. The van der Waals surface area contributed by atoms with Gasteiger partial charge in [-0.1, -0.05) is 36.4 Å². The molecule has 2 aromatic carbocycles. The van der Waals surface area contributed by atoms with Crippen LogP contribution in [-0.2, 0) is 0 Å². The van der Waals surface area contributed by atoms with Crippen LogP contribution in [0.5, 0.6) is 0 Å². The van der Waals surface area contributed by atoms with E-state index in [4.69, 9.17) is 0 Å². The highest BCUT2D eigenvalue weighted by Gasteiger charge is 2.48. The van der Waals surface area contributed by atoms with Crippen LogP contribution in [-0.4, -0.2) is 21.9 Å². The van der Waals surface area contributed by atoms with Crippen molar-refractivity contribution in [2.75, 3.05) is 0 Å². The number of imidazole rings is 1. The van der Waals surface area contributed by atoms with E-state index in [1.807, 2.05) is 67.6 Å². The number of hydrogen-bond acceptors (Lipinski definition) is 3. The Kier molecular flexibility index (Phi) is 3.63. The van der Waals surface area contributed by atoms with Gasteiger partial charge in [0.15, 0.2) is 11.4 Å². The van der Waals surface area contributed by atoms with Crippen LogP contribution in [0.15, 0.2) is 90.1 Å². The number of hydrogen-bond donors (Lipinski definition) is 0. The number of nitrogens with zero attached hydrogens (tertiary/aromatic N) is 4. The molecule has 1 atom stereocenters. The summed E-state index contributed by atoms with van der Waals surface area (Å²) in [6.45, 7) is 1.93. The zero-order valence-electron chi connectivity index (χ0n) is 13.8. The predicted molar refractivity (Wildman–Crippen MR) is 98.8 cm³/mol. The Bertz CT molecular complexity index is 959. The van der Waals surface area contributed by atoms with Crippen LogP contribution in [0.4, 0.5) is 10.5 Å². The first kappa shape index (κ1) is 15.2. The lowest BCUT2D eigenvalue weighted by atomic mass is 10.1. The summed E-state index contributed by atoms with van der Waals surface area (Å²) in [7, 11) is 0. The number of allylic oxidation sites excluding steroid dienone is 1. The largest absolute Gasteiger partial charge is 0.444 e. The van der Waals surface area contributed by atoms with E-state index in [1.165, 1.54) is 10.9 Å². The van der Waals surface area contributed by atoms with Crippen LogP contribution < -0.4 is 4.48 Å². The maximum atomic E-state index is 13.5. The van der Waals surface area contributed by atoms with Crippen molar-refractivity contribution in [2.45, 2.75) is 6.92 Å². The molecular weight excluding hydrogens is 312 g/mol. The molecule has 4 rings (SSSR count). The quantitative estimate of drug-likeness (QED) is 0.659. The fraction of sp³-hybridized carbons (Fsp3) is 0.0500. The van der Waals surface area contributed by atoms with E-state index in [0.717, 1.165) is 22.6 Å². The number of para-hydroxylation sites is 1. The summed E-state index contributed by atoms with van der Waals surface area (Å²) >= 11 is 0. The summed E-state index contributed by atoms with van der Waals surface area (Å²) in [5.41, 5.74) is 3.48. The molecular formula is C20H17N4O+. The summed E-state index contributed by atoms with van der Waals surface area (Å²) < 4.78 is 1.40. The average Bonchev–Trinajstić information content (AvgIpc) is 3.31. The smallest absolute Gasteiger partial charge is 0.245 e. The number of aliphatic imine (C=N–C) groups is 1. The minimum atomic E-state index is -0.150. The Morgan fingerprint density at radius 2 is 1.68 bits per heavy atom. The van der Waals surface area contributed by atoms with E-state index in [-0.39, 0.29) is 10.5 Å². The second-order valence-corrected chi connectivity index (χ2v) is 5.86. The standard InChI is InChI=1S/C20H17N4O/c1-16-19(17-8-4-2-5-9-17)24(15-22-16,18-10-6-3-7-11-18)20(25)23-13-12-21-14-23/h2-15H,1H3/q+1. The third-order valence-electron chi connectivity index (χ3n) is 4.36. The van der Waals surface area contributed by atoms with Crippen LogP contribution >= 0.6 is 0 Å². The summed E-state index contributed by atoms with van der Waals surface area (Å²) in [5, 5.41) is 0. The third kappa shape index (κ3) is 2.33. The fourth-order valence-electron chi connectivity index (χ4n) is 3.22. The first-order chi connectivity index (χ1) is 12.2. The number of aromatic nitrogens is 2. The lowest BCUT2D eigenvalue weighted by Gasteiger charge is -2.29. The Hall–Kier alpha value is -3.31. The maximum Gasteiger partial charge on any atom is 0.444 e. The topological polar surface area (TPSA) is 47.2 Å². The Morgan fingerprint density at radius 3 is 2.32 bits per heavy atom. The SMILES string of the molecule is CC1=C(c2ccccc2)[N+](C(=O)n2ccnc2)(c2ccccc2)C=N1. The summed E-state index contributed by atoms with van der Waals surface area (Å²) in [5.74, 6) is 0. The molecule has 2 heterocycles. The highest BCUT2D eigenvalue weighted by atomic mass is 16.2. The molecule has 0 N–H and O–H groups in total. The van der Waals surface area contributed by atoms with Crippen molar-refractivity contribution in [2.24, 2.45) is 4.99 Å². The van der Waals surface area contributed by atoms with Crippen LogP contribution in [0.1, 0.15) is 12.5 Å². The number of rotatable bonds is 2. The van der Waals surface area contributed by atoms with Gasteiger partial charge in [0.1, 0.15) is 12.0 Å². The van der Waals surface area contributed by atoms with Gasteiger partial charge in [-0.05, 0) is 19.1 Å². The van der Waals surface area contributed by atoms with Crippen molar-refractivity contribution in [1.29, 1.82) is 0 Å². The average molecular weight is 329 g/mol. The van der Waals surface area contributed by atoms with Gasteiger partial charge in [0, 0.05) is 30.1 Å². The second-order valence-electron chi connectivity index (χ2n) is 5.86. The van der Waals surface area contributed by atoms with Gasteiger partial charge in [0.25, 0.3) is 0 Å². The molecule has 1 aliphatic heterocycles. The molecule has 1 aromatic heterocycles. The van der Waals surface area contributed by atoms with Gasteiger partial charge in [-0.15, -0.1) is 4.48 Å². The third-order valence-corrected chi connectivity index (χ3v) is 4.36. The lowest BCUT2D eigenvalue weighted by Crippen LogP contribution is -2.52. The van der Waals surface area contributed by atoms with Crippen molar-refractivity contribution < 1.29 is 4.79 Å². The van der Waals surface area contributed by atoms with E-state index >= 15 is 0 Å². The fourth-order valence-corrected chi connectivity index (χ4v) is 3.22. The van der Waals surface area contributed by atoms with Crippen molar-refractivity contribution in [3.63, 3.8) is 0 Å². The molecule has 3 aromatic rings. The van der Waals surface area contributed by atoms with Gasteiger partial charge >= 0.3 is 6.03 Å². The van der Waals surface area contributed by atoms with E-state index < -0.39 is 0 Å².